The molecule has 0 aromatic heterocycles. The summed E-state index contributed by atoms with van der Waals surface area (Å²) in [5, 5.41) is 0. The molecule has 0 N–H and O–H groups in total. The molecule has 0 spiro atoms. The van der Waals surface area contributed by atoms with Crippen LogP contribution in [0.1, 0.15) is 48.0 Å². The van der Waals surface area contributed by atoms with E-state index >= 15 is 0 Å². The van der Waals surface area contributed by atoms with Crippen molar-refractivity contribution in [2.45, 2.75) is 52.7 Å². The smallest absolute Gasteiger partial charge is 0.155 e. The Hall–Kier alpha value is -0.0500. The van der Waals surface area contributed by atoms with Crippen LogP contribution in [0.4, 0.5) is 0 Å². The van der Waals surface area contributed by atoms with Crippen LogP contribution in [0.3, 0.4) is 0 Å². The third-order valence-electron chi connectivity index (χ3n) is 3.06. The van der Waals surface area contributed by atoms with Gasteiger partial charge in [-0.15, -0.1) is 0 Å². The van der Waals surface area contributed by atoms with Crippen molar-refractivity contribution in [2.24, 2.45) is 5.41 Å². The molecule has 13 heavy (non-hydrogen) atoms. The Balaban J connectivity index is 5.06. The SMILES string of the molecule is CCCS(=O)(=O)C(C)(C)C(C)(C)C. The van der Waals surface area contributed by atoms with E-state index in [0.717, 1.165) is 0 Å². The van der Waals surface area contributed by atoms with Crippen molar-refractivity contribution in [2.75, 3.05) is 5.75 Å². The summed E-state index contributed by atoms with van der Waals surface area (Å²) in [5.74, 6) is 0.289. The van der Waals surface area contributed by atoms with Crippen LogP contribution in [-0.2, 0) is 9.84 Å². The van der Waals surface area contributed by atoms with Gasteiger partial charge in [0.1, 0.15) is 0 Å². The van der Waals surface area contributed by atoms with Crippen molar-refractivity contribution < 1.29 is 8.42 Å². The van der Waals surface area contributed by atoms with E-state index in [1.165, 1.54) is 0 Å². The van der Waals surface area contributed by atoms with E-state index in [9.17, 15) is 8.42 Å². The van der Waals surface area contributed by atoms with E-state index in [-0.39, 0.29) is 11.2 Å². The third kappa shape index (κ3) is 2.46. The Bertz CT molecular complexity index is 255. The van der Waals surface area contributed by atoms with Crippen LogP contribution in [0.5, 0.6) is 0 Å². The van der Waals surface area contributed by atoms with Gasteiger partial charge in [-0.05, 0) is 25.7 Å². The second kappa shape index (κ2) is 3.60. The molecule has 0 saturated heterocycles. The summed E-state index contributed by atoms with van der Waals surface area (Å²) in [4.78, 5) is 0. The topological polar surface area (TPSA) is 34.1 Å². The van der Waals surface area contributed by atoms with Gasteiger partial charge in [0.2, 0.25) is 0 Å². The van der Waals surface area contributed by atoms with Crippen LogP contribution in [0.15, 0.2) is 0 Å². The highest BCUT2D eigenvalue weighted by molar-refractivity contribution is 7.92. The van der Waals surface area contributed by atoms with Gasteiger partial charge in [0, 0.05) is 0 Å². The number of hydrogen-bond donors (Lipinski definition) is 0. The highest BCUT2D eigenvalue weighted by Gasteiger charge is 2.43. The predicted octanol–water partition coefficient (Wildman–Crippen LogP) is 2.64. The highest BCUT2D eigenvalue weighted by atomic mass is 32.2. The highest BCUT2D eigenvalue weighted by Crippen LogP contribution is 2.37. The molecule has 0 aliphatic rings. The molecule has 0 aliphatic carbocycles. The van der Waals surface area contributed by atoms with Crippen molar-refractivity contribution in [1.82, 2.24) is 0 Å². The molecule has 0 fully saturated rings. The molecule has 0 unspecified atom stereocenters. The van der Waals surface area contributed by atoms with Crippen molar-refractivity contribution in [3.63, 3.8) is 0 Å². The largest absolute Gasteiger partial charge is 0.228 e. The minimum Gasteiger partial charge on any atom is -0.228 e. The van der Waals surface area contributed by atoms with E-state index in [4.69, 9.17) is 0 Å². The zero-order valence-electron chi connectivity index (χ0n) is 9.64. The zero-order valence-corrected chi connectivity index (χ0v) is 10.5. The first-order valence-corrected chi connectivity index (χ1v) is 6.44. The van der Waals surface area contributed by atoms with Crippen LogP contribution in [0.25, 0.3) is 0 Å². The van der Waals surface area contributed by atoms with Gasteiger partial charge in [-0.2, -0.15) is 0 Å². The quantitative estimate of drug-likeness (QED) is 0.711. The molecular weight excluding hydrogens is 184 g/mol. The van der Waals surface area contributed by atoms with Gasteiger partial charge in [-0.1, -0.05) is 27.7 Å². The molecule has 2 nitrogen and oxygen atoms in total. The van der Waals surface area contributed by atoms with E-state index < -0.39 is 14.6 Å². The second-order valence-electron chi connectivity index (χ2n) is 5.08. The molecule has 0 rings (SSSR count). The Morgan fingerprint density at radius 1 is 1.00 bits per heavy atom. The Morgan fingerprint density at radius 2 is 1.38 bits per heavy atom. The van der Waals surface area contributed by atoms with Gasteiger partial charge in [0.05, 0.1) is 10.5 Å². The summed E-state index contributed by atoms with van der Waals surface area (Å²) < 4.78 is 23.2. The number of rotatable bonds is 3. The first kappa shape index (κ1) is 12.9. The number of sulfone groups is 1. The summed E-state index contributed by atoms with van der Waals surface area (Å²) in [6.07, 6.45) is 0.696. The van der Waals surface area contributed by atoms with E-state index in [1.807, 2.05) is 41.5 Å². The Morgan fingerprint density at radius 3 is 1.62 bits per heavy atom. The van der Waals surface area contributed by atoms with Crippen LogP contribution in [0.2, 0.25) is 0 Å². The van der Waals surface area contributed by atoms with Crippen molar-refractivity contribution >= 4 is 9.84 Å². The Kier molecular flexibility index (Phi) is 3.59. The lowest BCUT2D eigenvalue weighted by atomic mass is 9.83. The molecular formula is C10H22O2S. The van der Waals surface area contributed by atoms with Crippen LogP contribution < -0.4 is 0 Å². The average Bonchev–Trinajstić information content (AvgIpc) is 1.84. The molecule has 0 bridgehead atoms. The van der Waals surface area contributed by atoms with Crippen LogP contribution in [-0.4, -0.2) is 18.9 Å². The van der Waals surface area contributed by atoms with Crippen molar-refractivity contribution in [1.29, 1.82) is 0 Å². The normalized spacial score (nSPS) is 14.6. The summed E-state index contributed by atoms with van der Waals surface area (Å²) in [5.41, 5.74) is -0.207. The molecule has 3 heteroatoms. The van der Waals surface area contributed by atoms with Gasteiger partial charge in [0.25, 0.3) is 0 Å². The first-order valence-electron chi connectivity index (χ1n) is 4.78. The van der Waals surface area contributed by atoms with Gasteiger partial charge >= 0.3 is 0 Å². The second-order valence-corrected chi connectivity index (χ2v) is 7.74. The first-order chi connectivity index (χ1) is 5.56. The molecule has 0 aromatic rings. The van der Waals surface area contributed by atoms with Crippen LogP contribution in [0, 0.1) is 5.41 Å². The summed E-state index contributed by atoms with van der Waals surface area (Å²) in [6.45, 7) is 11.5. The lowest BCUT2D eigenvalue weighted by Gasteiger charge is -2.37. The monoisotopic (exact) mass is 206 g/mol. The summed E-state index contributed by atoms with van der Waals surface area (Å²) >= 11 is 0. The lowest BCUT2D eigenvalue weighted by molar-refractivity contribution is 0.302. The number of hydrogen-bond acceptors (Lipinski definition) is 2. The molecule has 0 atom stereocenters. The average molecular weight is 206 g/mol. The fourth-order valence-electron chi connectivity index (χ4n) is 0.990. The molecule has 0 amide bonds. The maximum Gasteiger partial charge on any atom is 0.155 e. The van der Waals surface area contributed by atoms with Crippen LogP contribution >= 0.6 is 0 Å². The van der Waals surface area contributed by atoms with Gasteiger partial charge in [-0.3, -0.25) is 0 Å². The maximum atomic E-state index is 11.9. The summed E-state index contributed by atoms with van der Waals surface area (Å²) in [6, 6.07) is 0. The standard InChI is InChI=1S/C10H22O2S/c1-7-8-13(11,12)10(5,6)9(2,3)4/h7-8H2,1-6H3. The van der Waals surface area contributed by atoms with Gasteiger partial charge in [-0.25, -0.2) is 8.42 Å². The molecule has 0 radical (unpaired) electrons. The molecule has 0 saturated carbocycles. The fourth-order valence-corrected chi connectivity index (χ4v) is 2.97. The minimum absolute atomic E-state index is 0.207. The fraction of sp³-hybridized carbons (Fsp3) is 1.00. The molecule has 0 aromatic carbocycles. The van der Waals surface area contributed by atoms with Gasteiger partial charge in [0.15, 0.2) is 9.84 Å². The van der Waals surface area contributed by atoms with E-state index in [1.54, 1.807) is 0 Å². The summed E-state index contributed by atoms with van der Waals surface area (Å²) in [7, 11) is -2.97. The maximum absolute atomic E-state index is 11.9. The Labute approximate surface area is 82.6 Å². The minimum atomic E-state index is -2.97. The molecule has 0 aliphatic heterocycles. The molecule has 0 heterocycles. The zero-order chi connectivity index (χ0) is 10.9. The van der Waals surface area contributed by atoms with E-state index in [0.29, 0.717) is 6.42 Å². The third-order valence-corrected chi connectivity index (χ3v) is 6.17. The van der Waals surface area contributed by atoms with Crippen molar-refractivity contribution in [3.8, 4) is 0 Å². The lowest BCUT2D eigenvalue weighted by Crippen LogP contribution is -2.45. The predicted molar refractivity (Wildman–Crippen MR) is 57.6 cm³/mol. The van der Waals surface area contributed by atoms with Gasteiger partial charge < -0.3 is 0 Å². The van der Waals surface area contributed by atoms with Crippen molar-refractivity contribution in [3.05, 3.63) is 0 Å². The van der Waals surface area contributed by atoms with E-state index in [2.05, 4.69) is 0 Å². The molecule has 80 valence electrons.